The molecule has 0 fully saturated rings. The van der Waals surface area contributed by atoms with E-state index in [0.717, 1.165) is 99.2 Å². The first kappa shape index (κ1) is 27.2. The zero-order valence-corrected chi connectivity index (χ0v) is 26.7. The summed E-state index contributed by atoms with van der Waals surface area (Å²) < 4.78 is 13.3. The monoisotopic (exact) mass is 638 g/mol. The van der Waals surface area contributed by atoms with Gasteiger partial charge in [0.25, 0.3) is 0 Å². The lowest BCUT2D eigenvalue weighted by Gasteiger charge is -2.11. The standard InChI is InChI=1S/C46H26N2O2/c1-2-11-27(12-3-1)28-21-22-40-37(24-28)43-41(49-40)25-36-33-17-8-9-20-39(33)50-46(36)42(43)30-14-10-13-29(23-30)38-26-47-44-34-18-6-4-15-31(34)32-16-5-7-19-35(32)45(44)48-38/h1-26H. The Morgan fingerprint density at radius 2 is 1.04 bits per heavy atom. The molecule has 0 N–H and O–H groups in total. The van der Waals surface area contributed by atoms with Crippen molar-refractivity contribution in [3.8, 4) is 33.5 Å². The van der Waals surface area contributed by atoms with Crippen molar-refractivity contribution in [2.45, 2.75) is 0 Å². The van der Waals surface area contributed by atoms with Crippen molar-refractivity contribution in [2.75, 3.05) is 0 Å². The van der Waals surface area contributed by atoms with Gasteiger partial charge in [0, 0.05) is 43.4 Å². The van der Waals surface area contributed by atoms with Gasteiger partial charge in [-0.25, -0.2) is 4.98 Å². The minimum atomic E-state index is 0.816. The normalized spacial score (nSPS) is 12.0. The molecule has 232 valence electrons. The van der Waals surface area contributed by atoms with Crippen LogP contribution in [0, 0.1) is 0 Å². The number of rotatable bonds is 3. The summed E-state index contributed by atoms with van der Waals surface area (Å²) in [5.74, 6) is 0. The molecule has 0 bridgehead atoms. The van der Waals surface area contributed by atoms with Crippen molar-refractivity contribution < 1.29 is 8.83 Å². The molecule has 3 aromatic heterocycles. The van der Waals surface area contributed by atoms with E-state index in [1.54, 1.807) is 0 Å². The predicted octanol–water partition coefficient (Wildman–Crippen LogP) is 12.7. The van der Waals surface area contributed by atoms with Gasteiger partial charge in [-0.15, -0.1) is 0 Å². The lowest BCUT2D eigenvalue weighted by Crippen LogP contribution is -1.92. The predicted molar refractivity (Wildman–Crippen MR) is 205 cm³/mol. The Hall–Kier alpha value is -6.78. The number of fused-ring (bicyclic) bond motifs is 12. The van der Waals surface area contributed by atoms with Crippen molar-refractivity contribution >= 4 is 76.5 Å². The van der Waals surface area contributed by atoms with Crippen LogP contribution in [0.15, 0.2) is 167 Å². The van der Waals surface area contributed by atoms with Gasteiger partial charge in [-0.05, 0) is 57.8 Å². The molecule has 4 nitrogen and oxygen atoms in total. The van der Waals surface area contributed by atoms with Crippen molar-refractivity contribution in [1.29, 1.82) is 0 Å². The Kier molecular flexibility index (Phi) is 5.63. The van der Waals surface area contributed by atoms with Crippen molar-refractivity contribution in [3.05, 3.63) is 158 Å². The van der Waals surface area contributed by atoms with Crippen LogP contribution >= 0.6 is 0 Å². The van der Waals surface area contributed by atoms with Crippen molar-refractivity contribution in [3.63, 3.8) is 0 Å². The van der Waals surface area contributed by atoms with Gasteiger partial charge in [-0.1, -0.05) is 121 Å². The highest BCUT2D eigenvalue weighted by Gasteiger charge is 2.22. The van der Waals surface area contributed by atoms with E-state index < -0.39 is 0 Å². The molecular formula is C46H26N2O2. The van der Waals surface area contributed by atoms with Gasteiger partial charge < -0.3 is 8.83 Å². The molecule has 0 amide bonds. The largest absolute Gasteiger partial charge is 0.456 e. The fourth-order valence-corrected chi connectivity index (χ4v) is 7.80. The summed E-state index contributed by atoms with van der Waals surface area (Å²) in [5, 5.41) is 8.74. The van der Waals surface area contributed by atoms with E-state index in [-0.39, 0.29) is 0 Å². The zero-order chi connectivity index (χ0) is 32.8. The molecule has 0 spiro atoms. The Balaban J connectivity index is 1.19. The highest BCUT2D eigenvalue weighted by molar-refractivity contribution is 6.25. The van der Waals surface area contributed by atoms with E-state index in [1.165, 1.54) is 10.8 Å². The number of furan rings is 2. The first-order valence-electron chi connectivity index (χ1n) is 16.8. The molecule has 4 heteroatoms. The number of aromatic nitrogens is 2. The second-order valence-corrected chi connectivity index (χ2v) is 12.9. The second-order valence-electron chi connectivity index (χ2n) is 12.9. The minimum Gasteiger partial charge on any atom is -0.456 e. The highest BCUT2D eigenvalue weighted by Crippen LogP contribution is 2.46. The Morgan fingerprint density at radius 3 is 1.86 bits per heavy atom. The molecule has 11 aromatic rings. The van der Waals surface area contributed by atoms with Crippen LogP contribution < -0.4 is 0 Å². The fraction of sp³-hybridized carbons (Fsp3) is 0. The lowest BCUT2D eigenvalue weighted by atomic mass is 9.94. The van der Waals surface area contributed by atoms with Crippen LogP contribution in [0.2, 0.25) is 0 Å². The molecule has 11 rings (SSSR count). The minimum absolute atomic E-state index is 0.816. The summed E-state index contributed by atoms with van der Waals surface area (Å²) in [6.45, 7) is 0. The van der Waals surface area contributed by atoms with E-state index in [2.05, 4.69) is 133 Å². The molecule has 0 unspecified atom stereocenters. The third-order valence-electron chi connectivity index (χ3n) is 10.1. The first-order valence-corrected chi connectivity index (χ1v) is 16.8. The van der Waals surface area contributed by atoms with Gasteiger partial charge >= 0.3 is 0 Å². The number of benzene rings is 8. The van der Waals surface area contributed by atoms with Gasteiger partial charge in [0.15, 0.2) is 0 Å². The number of nitrogens with zero attached hydrogens (tertiary/aromatic N) is 2. The van der Waals surface area contributed by atoms with Crippen molar-refractivity contribution in [2.24, 2.45) is 0 Å². The average Bonchev–Trinajstić information content (AvgIpc) is 3.75. The molecule has 0 aliphatic heterocycles. The molecule has 0 atom stereocenters. The number of hydrogen-bond acceptors (Lipinski definition) is 4. The summed E-state index contributed by atoms with van der Waals surface area (Å²) >= 11 is 0. The van der Waals surface area contributed by atoms with E-state index in [9.17, 15) is 0 Å². The Morgan fingerprint density at radius 1 is 0.380 bits per heavy atom. The summed E-state index contributed by atoms with van der Waals surface area (Å²) in [5.41, 5.74) is 11.3. The van der Waals surface area contributed by atoms with Crippen LogP contribution in [0.1, 0.15) is 0 Å². The third-order valence-corrected chi connectivity index (χ3v) is 10.1. The molecular weight excluding hydrogens is 613 g/mol. The van der Waals surface area contributed by atoms with Gasteiger partial charge in [0.1, 0.15) is 22.3 Å². The van der Waals surface area contributed by atoms with E-state index in [0.29, 0.717) is 0 Å². The second kappa shape index (κ2) is 10.4. The molecule has 0 saturated carbocycles. The van der Waals surface area contributed by atoms with E-state index >= 15 is 0 Å². The molecule has 50 heavy (non-hydrogen) atoms. The molecule has 3 heterocycles. The SMILES string of the molecule is c1ccc(-c2ccc3oc4cc5c(oc6ccccc65)c(-c5cccc(-c6cnc7c8ccccc8c8ccccc8c7n6)c5)c4c3c2)cc1. The summed E-state index contributed by atoms with van der Waals surface area (Å²) in [4.78, 5) is 10.3. The maximum absolute atomic E-state index is 6.70. The Labute approximate surface area is 285 Å². The lowest BCUT2D eigenvalue weighted by molar-refractivity contribution is 0.664. The molecule has 0 aliphatic carbocycles. The first-order chi connectivity index (χ1) is 24.8. The van der Waals surface area contributed by atoms with Gasteiger partial charge in [0.05, 0.1) is 22.9 Å². The van der Waals surface area contributed by atoms with Crippen LogP contribution in [0.5, 0.6) is 0 Å². The maximum atomic E-state index is 6.70. The van der Waals surface area contributed by atoms with Gasteiger partial charge in [-0.2, -0.15) is 0 Å². The van der Waals surface area contributed by atoms with Gasteiger partial charge in [0.2, 0.25) is 0 Å². The highest BCUT2D eigenvalue weighted by atomic mass is 16.3. The van der Waals surface area contributed by atoms with Crippen molar-refractivity contribution in [1.82, 2.24) is 9.97 Å². The zero-order valence-electron chi connectivity index (χ0n) is 26.7. The number of para-hydroxylation sites is 1. The van der Waals surface area contributed by atoms with Crippen LogP contribution in [-0.2, 0) is 0 Å². The smallest absolute Gasteiger partial charge is 0.144 e. The Bertz CT molecular complexity index is 3120. The summed E-state index contributed by atoms with van der Waals surface area (Å²) in [6.07, 6.45) is 1.90. The van der Waals surface area contributed by atoms with Crippen LogP contribution in [0.3, 0.4) is 0 Å². The molecule has 0 aliphatic rings. The van der Waals surface area contributed by atoms with Crippen LogP contribution in [0.25, 0.3) is 110 Å². The summed E-state index contributed by atoms with van der Waals surface area (Å²) in [7, 11) is 0. The van der Waals surface area contributed by atoms with Crippen LogP contribution in [0.4, 0.5) is 0 Å². The molecule has 0 radical (unpaired) electrons. The van der Waals surface area contributed by atoms with Crippen LogP contribution in [-0.4, -0.2) is 9.97 Å². The topological polar surface area (TPSA) is 52.1 Å². The number of hydrogen-bond donors (Lipinski definition) is 0. The average molecular weight is 639 g/mol. The maximum Gasteiger partial charge on any atom is 0.144 e. The van der Waals surface area contributed by atoms with E-state index in [1.807, 2.05) is 24.4 Å². The third kappa shape index (κ3) is 3.93. The quantitative estimate of drug-likeness (QED) is 0.181. The van der Waals surface area contributed by atoms with E-state index in [4.69, 9.17) is 18.8 Å². The molecule has 8 aromatic carbocycles. The molecule has 0 saturated heterocycles. The summed E-state index contributed by atoms with van der Waals surface area (Å²) in [6, 6.07) is 52.8. The van der Waals surface area contributed by atoms with Gasteiger partial charge in [-0.3, -0.25) is 4.98 Å². The fourth-order valence-electron chi connectivity index (χ4n) is 7.80.